The molecule has 0 N–H and O–H groups in total. The number of hydrogen-bond donors (Lipinski definition) is 0. The topological polar surface area (TPSA) is 112 Å². The molecule has 152 valence electrons. The molecule has 1 aliphatic rings. The third kappa shape index (κ3) is 5.08. The average Bonchev–Trinajstić information content (AvgIpc) is 3.00. The average molecular weight is 409 g/mol. The molecule has 2 aromatic rings. The van der Waals surface area contributed by atoms with Crippen molar-refractivity contribution in [2.45, 2.75) is 44.0 Å². The molecular weight excluding hydrogens is 386 g/mol. The third-order valence-electron chi connectivity index (χ3n) is 3.95. The highest BCUT2D eigenvalue weighted by molar-refractivity contribution is 7.90. The second kappa shape index (κ2) is 7.51. The molecule has 0 unspecified atom stereocenters. The second-order valence-electron chi connectivity index (χ2n) is 7.63. The zero-order valence-electron chi connectivity index (χ0n) is 16.2. The number of benzene rings is 1. The molecule has 0 aliphatic carbocycles. The molecule has 1 aromatic carbocycles. The predicted molar refractivity (Wildman–Crippen MR) is 99.2 cm³/mol. The van der Waals surface area contributed by atoms with Gasteiger partial charge in [-0.1, -0.05) is 5.16 Å². The van der Waals surface area contributed by atoms with E-state index < -0.39 is 15.4 Å². The minimum absolute atomic E-state index is 0.114. The summed E-state index contributed by atoms with van der Waals surface area (Å²) in [5.41, 5.74) is 0.116. The van der Waals surface area contributed by atoms with Gasteiger partial charge in [0.2, 0.25) is 5.82 Å². The van der Waals surface area contributed by atoms with Gasteiger partial charge in [0.15, 0.2) is 9.84 Å². The van der Waals surface area contributed by atoms with Crippen LogP contribution in [-0.4, -0.2) is 60.6 Å². The van der Waals surface area contributed by atoms with E-state index in [0.29, 0.717) is 30.4 Å². The molecule has 0 bridgehead atoms. The van der Waals surface area contributed by atoms with Gasteiger partial charge in [0.25, 0.3) is 5.89 Å². The normalized spacial score (nSPS) is 15.4. The number of amides is 1. The fourth-order valence-corrected chi connectivity index (χ4v) is 3.12. The molecule has 1 fully saturated rings. The maximum atomic E-state index is 11.9. The highest BCUT2D eigenvalue weighted by atomic mass is 32.2. The summed E-state index contributed by atoms with van der Waals surface area (Å²) < 4.78 is 39.1. The fraction of sp³-hybridized carbons (Fsp3) is 0.500. The number of carbonyl (C=O) groups is 1. The molecule has 1 aliphatic heterocycles. The van der Waals surface area contributed by atoms with Gasteiger partial charge in [0.05, 0.1) is 24.1 Å². The summed E-state index contributed by atoms with van der Waals surface area (Å²) >= 11 is 0. The van der Waals surface area contributed by atoms with Crippen LogP contribution >= 0.6 is 0 Å². The summed E-state index contributed by atoms with van der Waals surface area (Å²) in [5, 5.41) is 3.88. The Morgan fingerprint density at radius 2 is 1.89 bits per heavy atom. The minimum Gasteiger partial charge on any atom is -0.444 e. The second-order valence-corrected chi connectivity index (χ2v) is 9.64. The van der Waals surface area contributed by atoms with Crippen molar-refractivity contribution in [3.05, 3.63) is 30.2 Å². The summed E-state index contributed by atoms with van der Waals surface area (Å²) in [6.45, 7) is 6.48. The number of likely N-dealkylation sites (tertiary alicyclic amines) is 1. The minimum atomic E-state index is -3.25. The number of ether oxygens (including phenoxy) is 2. The molecule has 0 saturated carbocycles. The van der Waals surface area contributed by atoms with Crippen molar-refractivity contribution in [1.82, 2.24) is 15.0 Å². The van der Waals surface area contributed by atoms with Gasteiger partial charge in [-0.25, -0.2) is 13.2 Å². The van der Waals surface area contributed by atoms with Crippen LogP contribution in [-0.2, 0) is 25.9 Å². The van der Waals surface area contributed by atoms with Gasteiger partial charge in [-0.15, -0.1) is 0 Å². The quantitative estimate of drug-likeness (QED) is 0.739. The lowest BCUT2D eigenvalue weighted by atomic mass is 10.2. The van der Waals surface area contributed by atoms with Crippen LogP contribution in [0.2, 0.25) is 0 Å². The number of sulfone groups is 1. The van der Waals surface area contributed by atoms with E-state index in [4.69, 9.17) is 14.0 Å². The highest BCUT2D eigenvalue weighted by Crippen LogP contribution is 2.21. The van der Waals surface area contributed by atoms with Crippen LogP contribution in [0.3, 0.4) is 0 Å². The smallest absolute Gasteiger partial charge is 0.410 e. The van der Waals surface area contributed by atoms with Crippen LogP contribution in [0.25, 0.3) is 11.4 Å². The summed E-state index contributed by atoms with van der Waals surface area (Å²) in [6, 6.07) is 6.24. The van der Waals surface area contributed by atoms with Crippen LogP contribution in [0, 0.1) is 0 Å². The lowest BCUT2D eigenvalue weighted by molar-refractivity contribution is -0.0739. The van der Waals surface area contributed by atoms with Gasteiger partial charge in [-0.2, -0.15) is 4.98 Å². The Morgan fingerprint density at radius 1 is 1.25 bits per heavy atom. The van der Waals surface area contributed by atoms with Crippen LogP contribution in [0.1, 0.15) is 26.7 Å². The Morgan fingerprint density at radius 3 is 2.46 bits per heavy atom. The van der Waals surface area contributed by atoms with Gasteiger partial charge in [-0.3, -0.25) is 0 Å². The van der Waals surface area contributed by atoms with Gasteiger partial charge in [0, 0.05) is 11.8 Å². The predicted octanol–water partition coefficient (Wildman–Crippen LogP) is 2.28. The number of nitrogens with zero attached hydrogens (tertiary/aromatic N) is 3. The Balaban J connectivity index is 1.49. The molecule has 0 radical (unpaired) electrons. The maximum Gasteiger partial charge on any atom is 0.410 e. The SMILES string of the molecule is CC(C)(C)OC(=O)N1CC(OCc2nc(-c3ccc(S(C)(=O)=O)cc3)no2)C1. The van der Waals surface area contributed by atoms with Crippen molar-refractivity contribution < 1.29 is 27.2 Å². The molecule has 1 amide bonds. The van der Waals surface area contributed by atoms with E-state index >= 15 is 0 Å². The van der Waals surface area contributed by atoms with E-state index in [1.807, 2.05) is 20.8 Å². The van der Waals surface area contributed by atoms with E-state index in [9.17, 15) is 13.2 Å². The van der Waals surface area contributed by atoms with E-state index in [0.717, 1.165) is 6.26 Å². The van der Waals surface area contributed by atoms with E-state index in [1.165, 1.54) is 12.1 Å². The van der Waals surface area contributed by atoms with Crippen molar-refractivity contribution in [2.24, 2.45) is 0 Å². The summed E-state index contributed by atoms with van der Waals surface area (Å²) in [7, 11) is -3.25. The molecule has 28 heavy (non-hydrogen) atoms. The van der Waals surface area contributed by atoms with Crippen molar-refractivity contribution in [1.29, 1.82) is 0 Å². The monoisotopic (exact) mass is 409 g/mol. The molecule has 1 saturated heterocycles. The van der Waals surface area contributed by atoms with Crippen molar-refractivity contribution in [2.75, 3.05) is 19.3 Å². The maximum absolute atomic E-state index is 11.9. The highest BCUT2D eigenvalue weighted by Gasteiger charge is 2.34. The number of aromatic nitrogens is 2. The van der Waals surface area contributed by atoms with E-state index in [-0.39, 0.29) is 23.7 Å². The molecule has 0 spiro atoms. The van der Waals surface area contributed by atoms with E-state index in [1.54, 1.807) is 17.0 Å². The molecule has 3 rings (SSSR count). The summed E-state index contributed by atoms with van der Waals surface area (Å²) in [6.07, 6.45) is 0.679. The van der Waals surface area contributed by atoms with Crippen molar-refractivity contribution in [3.63, 3.8) is 0 Å². The Labute approximate surface area is 163 Å². The molecular formula is C18H23N3O6S. The van der Waals surface area contributed by atoms with E-state index in [2.05, 4.69) is 10.1 Å². The number of rotatable bonds is 5. The van der Waals surface area contributed by atoms with Crippen molar-refractivity contribution in [3.8, 4) is 11.4 Å². The van der Waals surface area contributed by atoms with Gasteiger partial charge in [-0.05, 0) is 45.0 Å². The summed E-state index contributed by atoms with van der Waals surface area (Å²) in [4.78, 5) is 17.9. The zero-order chi connectivity index (χ0) is 20.5. The third-order valence-corrected chi connectivity index (χ3v) is 5.08. The van der Waals surface area contributed by atoms with Gasteiger partial charge in [0.1, 0.15) is 12.2 Å². The first kappa shape index (κ1) is 20.3. The van der Waals surface area contributed by atoms with Crippen LogP contribution in [0.5, 0.6) is 0 Å². The zero-order valence-corrected chi connectivity index (χ0v) is 17.0. The molecule has 10 heteroatoms. The Bertz CT molecular complexity index is 940. The Hall–Kier alpha value is -2.46. The van der Waals surface area contributed by atoms with Crippen molar-refractivity contribution >= 4 is 15.9 Å². The standard InChI is InChI=1S/C18H23N3O6S/c1-18(2,3)26-17(22)21-9-13(10-21)25-11-15-19-16(20-27-15)12-5-7-14(8-6-12)28(4,23)24/h5-8,13H,9-11H2,1-4H3. The lowest BCUT2D eigenvalue weighted by Gasteiger charge is -2.39. The van der Waals surface area contributed by atoms with Gasteiger partial charge < -0.3 is 18.9 Å². The molecule has 9 nitrogen and oxygen atoms in total. The first-order valence-electron chi connectivity index (χ1n) is 8.74. The van der Waals surface area contributed by atoms with Gasteiger partial charge >= 0.3 is 6.09 Å². The summed E-state index contributed by atoms with van der Waals surface area (Å²) in [5.74, 6) is 0.653. The largest absolute Gasteiger partial charge is 0.444 e. The van der Waals surface area contributed by atoms with Crippen LogP contribution in [0.4, 0.5) is 4.79 Å². The lowest BCUT2D eigenvalue weighted by Crippen LogP contribution is -2.55. The molecule has 1 aromatic heterocycles. The number of hydrogen-bond acceptors (Lipinski definition) is 8. The van der Waals surface area contributed by atoms with Crippen LogP contribution in [0.15, 0.2) is 33.7 Å². The number of carbonyl (C=O) groups excluding carboxylic acids is 1. The fourth-order valence-electron chi connectivity index (χ4n) is 2.49. The Kier molecular flexibility index (Phi) is 5.44. The molecule has 2 heterocycles. The first-order chi connectivity index (χ1) is 13.0. The first-order valence-corrected chi connectivity index (χ1v) is 10.6. The molecule has 0 atom stereocenters. The van der Waals surface area contributed by atoms with Crippen LogP contribution < -0.4 is 0 Å².